The molecule has 1 aromatic rings. The highest BCUT2D eigenvalue weighted by Gasteiger charge is 2.40. The largest absolute Gasteiger partial charge is 0.371 e. The van der Waals surface area contributed by atoms with Gasteiger partial charge in [-0.3, -0.25) is 9.69 Å². The summed E-state index contributed by atoms with van der Waals surface area (Å²) in [5.41, 5.74) is 1.95. The minimum Gasteiger partial charge on any atom is -0.371 e. The van der Waals surface area contributed by atoms with Crippen LogP contribution >= 0.6 is 0 Å². The number of nitrogens with zero attached hydrogens (tertiary/aromatic N) is 3. The van der Waals surface area contributed by atoms with Crippen LogP contribution in [0, 0.1) is 0 Å². The van der Waals surface area contributed by atoms with Crippen LogP contribution in [0.1, 0.15) is 25.3 Å². The summed E-state index contributed by atoms with van der Waals surface area (Å²) < 4.78 is 5.84. The lowest BCUT2D eigenvalue weighted by molar-refractivity contribution is -0.165. The lowest BCUT2D eigenvalue weighted by atomic mass is 10.0. The van der Waals surface area contributed by atoms with Gasteiger partial charge in [-0.05, 0) is 31.4 Å². The van der Waals surface area contributed by atoms with Crippen molar-refractivity contribution in [3.05, 3.63) is 29.8 Å². The summed E-state index contributed by atoms with van der Waals surface area (Å²) in [4.78, 5) is 18.9. The topological polar surface area (TPSA) is 36.0 Å². The molecule has 2 aliphatic rings. The molecule has 5 nitrogen and oxygen atoms in total. The van der Waals surface area contributed by atoms with Gasteiger partial charge >= 0.3 is 0 Å². The summed E-state index contributed by atoms with van der Waals surface area (Å²) in [6.45, 7) is 7.18. The number of para-hydroxylation sites is 1. The predicted molar refractivity (Wildman–Crippen MR) is 96.2 cm³/mol. The molecular weight excluding hydrogens is 302 g/mol. The van der Waals surface area contributed by atoms with Gasteiger partial charge in [-0.25, -0.2) is 0 Å². The van der Waals surface area contributed by atoms with Crippen LogP contribution < -0.4 is 4.90 Å². The lowest BCUT2D eigenvalue weighted by Gasteiger charge is -2.40. The summed E-state index contributed by atoms with van der Waals surface area (Å²) >= 11 is 0. The van der Waals surface area contributed by atoms with E-state index < -0.39 is 5.60 Å². The highest BCUT2D eigenvalue weighted by atomic mass is 16.5. The van der Waals surface area contributed by atoms with Crippen molar-refractivity contribution in [2.24, 2.45) is 0 Å². The molecule has 0 aliphatic carbocycles. The summed E-state index contributed by atoms with van der Waals surface area (Å²) in [7, 11) is 3.58. The standard InChI is InChI=1S/C19H29N3O2/c1-19(18(23)20(2)3)15-21(12-13-24-19)14-16-8-4-5-9-17(16)22-10-6-7-11-22/h4-5,8-9H,6-7,10-15H2,1-3H3/t19-/m0/s1. The van der Waals surface area contributed by atoms with E-state index in [2.05, 4.69) is 34.1 Å². The van der Waals surface area contributed by atoms with Gasteiger partial charge in [-0.15, -0.1) is 0 Å². The molecule has 0 spiro atoms. The summed E-state index contributed by atoms with van der Waals surface area (Å²) in [6, 6.07) is 8.68. The van der Waals surface area contributed by atoms with E-state index in [0.717, 1.165) is 26.2 Å². The Labute approximate surface area is 145 Å². The second-order valence-corrected chi connectivity index (χ2v) is 7.31. The van der Waals surface area contributed by atoms with Crippen LogP contribution in [0.15, 0.2) is 24.3 Å². The van der Waals surface area contributed by atoms with Crippen molar-refractivity contribution in [3.8, 4) is 0 Å². The molecule has 0 saturated carbocycles. The van der Waals surface area contributed by atoms with Gasteiger partial charge in [0.25, 0.3) is 5.91 Å². The van der Waals surface area contributed by atoms with Crippen LogP contribution in [-0.2, 0) is 16.1 Å². The van der Waals surface area contributed by atoms with Crippen molar-refractivity contribution in [3.63, 3.8) is 0 Å². The van der Waals surface area contributed by atoms with Crippen molar-refractivity contribution >= 4 is 11.6 Å². The fourth-order valence-electron chi connectivity index (χ4n) is 3.84. The molecule has 1 amide bonds. The van der Waals surface area contributed by atoms with E-state index in [4.69, 9.17) is 4.74 Å². The van der Waals surface area contributed by atoms with Crippen molar-refractivity contribution in [2.75, 3.05) is 51.8 Å². The number of benzene rings is 1. The number of carbonyl (C=O) groups is 1. The van der Waals surface area contributed by atoms with Gasteiger partial charge in [0.2, 0.25) is 0 Å². The third-order valence-electron chi connectivity index (χ3n) is 5.04. The molecule has 24 heavy (non-hydrogen) atoms. The monoisotopic (exact) mass is 331 g/mol. The fourth-order valence-corrected chi connectivity index (χ4v) is 3.84. The van der Waals surface area contributed by atoms with E-state index in [0.29, 0.717) is 13.2 Å². The van der Waals surface area contributed by atoms with Crippen LogP contribution in [0.4, 0.5) is 5.69 Å². The molecule has 0 aromatic heterocycles. The maximum atomic E-state index is 12.5. The molecular formula is C19H29N3O2. The van der Waals surface area contributed by atoms with E-state index in [1.165, 1.54) is 24.1 Å². The molecule has 132 valence electrons. The SMILES string of the molecule is CN(C)C(=O)[C@]1(C)CN(Cc2ccccc2N2CCCC2)CCO1. The molecule has 0 N–H and O–H groups in total. The summed E-state index contributed by atoms with van der Waals surface area (Å²) in [5.74, 6) is 0.0417. The maximum Gasteiger partial charge on any atom is 0.255 e. The van der Waals surface area contributed by atoms with Crippen LogP contribution in [0.5, 0.6) is 0 Å². The molecule has 5 heteroatoms. The van der Waals surface area contributed by atoms with Crippen molar-refractivity contribution in [1.29, 1.82) is 0 Å². The predicted octanol–water partition coefficient (Wildman–Crippen LogP) is 1.97. The number of morpholine rings is 1. The van der Waals surface area contributed by atoms with Crippen LogP contribution in [0.2, 0.25) is 0 Å². The first-order valence-electron chi connectivity index (χ1n) is 8.90. The molecule has 2 saturated heterocycles. The first-order valence-corrected chi connectivity index (χ1v) is 8.90. The third-order valence-corrected chi connectivity index (χ3v) is 5.04. The van der Waals surface area contributed by atoms with E-state index in [-0.39, 0.29) is 5.91 Å². The van der Waals surface area contributed by atoms with E-state index >= 15 is 0 Å². The molecule has 0 radical (unpaired) electrons. The molecule has 2 fully saturated rings. The average molecular weight is 331 g/mol. The smallest absolute Gasteiger partial charge is 0.255 e. The number of carbonyl (C=O) groups excluding carboxylic acids is 1. The van der Waals surface area contributed by atoms with Gasteiger partial charge in [-0.2, -0.15) is 0 Å². The Morgan fingerprint density at radius 2 is 1.92 bits per heavy atom. The van der Waals surface area contributed by atoms with Gasteiger partial charge < -0.3 is 14.5 Å². The molecule has 2 aliphatic heterocycles. The van der Waals surface area contributed by atoms with Crippen molar-refractivity contribution in [1.82, 2.24) is 9.80 Å². The third kappa shape index (κ3) is 3.57. The van der Waals surface area contributed by atoms with Gasteiger partial charge in [0.05, 0.1) is 6.61 Å². The molecule has 2 heterocycles. The van der Waals surface area contributed by atoms with Crippen molar-refractivity contribution < 1.29 is 9.53 Å². The molecule has 0 bridgehead atoms. The molecule has 1 aromatic carbocycles. The first-order chi connectivity index (χ1) is 11.5. The number of ether oxygens (including phenoxy) is 1. The summed E-state index contributed by atoms with van der Waals surface area (Å²) in [6.07, 6.45) is 2.56. The second-order valence-electron chi connectivity index (χ2n) is 7.31. The van der Waals surface area contributed by atoms with Gasteiger partial charge in [0.1, 0.15) is 0 Å². The van der Waals surface area contributed by atoms with Crippen LogP contribution in [0.3, 0.4) is 0 Å². The Balaban J connectivity index is 1.73. The molecule has 1 atom stereocenters. The fraction of sp³-hybridized carbons (Fsp3) is 0.632. The zero-order valence-corrected chi connectivity index (χ0v) is 15.1. The van der Waals surface area contributed by atoms with Gasteiger partial charge in [-0.1, -0.05) is 18.2 Å². The first kappa shape index (κ1) is 17.2. The Morgan fingerprint density at radius 3 is 2.62 bits per heavy atom. The van der Waals surface area contributed by atoms with E-state index in [1.807, 2.05) is 6.92 Å². The van der Waals surface area contributed by atoms with Crippen molar-refractivity contribution in [2.45, 2.75) is 31.9 Å². The van der Waals surface area contributed by atoms with Crippen LogP contribution in [0.25, 0.3) is 0 Å². The maximum absolute atomic E-state index is 12.5. The zero-order valence-electron chi connectivity index (χ0n) is 15.1. The number of hydrogen-bond acceptors (Lipinski definition) is 4. The number of rotatable bonds is 4. The number of likely N-dealkylation sites (N-methyl/N-ethyl adjacent to an activating group) is 1. The normalized spacial score (nSPS) is 25.0. The van der Waals surface area contributed by atoms with Gasteiger partial charge in [0.15, 0.2) is 5.60 Å². The summed E-state index contributed by atoms with van der Waals surface area (Å²) in [5, 5.41) is 0. The molecule has 0 unspecified atom stereocenters. The highest BCUT2D eigenvalue weighted by Crippen LogP contribution is 2.27. The zero-order chi connectivity index (χ0) is 17.2. The minimum atomic E-state index is -0.746. The average Bonchev–Trinajstić information content (AvgIpc) is 3.09. The Kier molecular flexibility index (Phi) is 5.11. The second kappa shape index (κ2) is 7.11. The number of amides is 1. The Bertz CT molecular complexity index is 584. The van der Waals surface area contributed by atoms with Gasteiger partial charge in [0, 0.05) is 52.5 Å². The lowest BCUT2D eigenvalue weighted by Crippen LogP contribution is -2.57. The van der Waals surface area contributed by atoms with Crippen LogP contribution in [-0.4, -0.2) is 68.2 Å². The molecule has 3 rings (SSSR count). The quantitative estimate of drug-likeness (QED) is 0.845. The van der Waals surface area contributed by atoms with E-state index in [1.54, 1.807) is 19.0 Å². The Hall–Kier alpha value is -1.59. The minimum absolute atomic E-state index is 0.0417. The number of hydrogen-bond donors (Lipinski definition) is 0. The van der Waals surface area contributed by atoms with E-state index in [9.17, 15) is 4.79 Å². The number of anilines is 1. The highest BCUT2D eigenvalue weighted by molar-refractivity contribution is 5.84. The Morgan fingerprint density at radius 1 is 1.21 bits per heavy atom.